The Labute approximate surface area is 152 Å². The zero-order valence-electron chi connectivity index (χ0n) is 13.1. The summed E-state index contributed by atoms with van der Waals surface area (Å²) in [6, 6.07) is 14.5. The molecule has 0 radical (unpaired) electrons. The Bertz CT molecular complexity index is 1010. The van der Waals surface area contributed by atoms with E-state index in [0.717, 1.165) is 0 Å². The molecular weight excluding hydrogens is 358 g/mol. The summed E-state index contributed by atoms with van der Waals surface area (Å²) in [4.78, 5) is 36.9. The summed E-state index contributed by atoms with van der Waals surface area (Å²) in [7, 11) is 0. The van der Waals surface area contributed by atoms with E-state index in [1.807, 2.05) is 0 Å². The molecule has 0 spiro atoms. The van der Waals surface area contributed by atoms with Crippen molar-refractivity contribution >= 4 is 29.3 Å². The van der Waals surface area contributed by atoms with Gasteiger partial charge in [-0.15, -0.1) is 0 Å². The smallest absolute Gasteiger partial charge is 0.292 e. The number of aromatic nitrogens is 1. The fourth-order valence-electron chi connectivity index (χ4n) is 2.58. The molecular formula is C18H10ClN3O4. The summed E-state index contributed by atoms with van der Waals surface area (Å²) in [5.74, 6) is -1.57. The van der Waals surface area contributed by atoms with Gasteiger partial charge in [0, 0.05) is 16.7 Å². The number of amides is 3. The quantitative estimate of drug-likeness (QED) is 0.718. The van der Waals surface area contributed by atoms with Gasteiger partial charge < -0.3 is 4.52 Å². The minimum atomic E-state index is -0.733. The average molecular weight is 368 g/mol. The number of hydrogen-bond acceptors (Lipinski definition) is 5. The lowest BCUT2D eigenvalue weighted by Gasteiger charge is -2.13. The largest absolute Gasteiger partial charge is 0.355 e. The first kappa shape index (κ1) is 16.0. The molecule has 0 bridgehead atoms. The summed E-state index contributed by atoms with van der Waals surface area (Å²) in [5.41, 5.74) is 3.36. The van der Waals surface area contributed by atoms with Crippen LogP contribution >= 0.6 is 11.6 Å². The lowest BCUT2D eigenvalue weighted by molar-refractivity contribution is 0.0515. The average Bonchev–Trinajstić information content (AvgIpc) is 3.23. The molecule has 26 heavy (non-hydrogen) atoms. The summed E-state index contributed by atoms with van der Waals surface area (Å²) in [6.45, 7) is 0. The van der Waals surface area contributed by atoms with Gasteiger partial charge in [-0.25, -0.2) is 0 Å². The fourth-order valence-corrected chi connectivity index (χ4v) is 2.71. The lowest BCUT2D eigenvalue weighted by Crippen LogP contribution is -2.45. The highest BCUT2D eigenvalue weighted by Gasteiger charge is 2.37. The second-order valence-electron chi connectivity index (χ2n) is 5.52. The van der Waals surface area contributed by atoms with E-state index in [1.165, 1.54) is 18.2 Å². The van der Waals surface area contributed by atoms with Crippen LogP contribution < -0.4 is 5.43 Å². The molecule has 0 atom stereocenters. The van der Waals surface area contributed by atoms with Crippen molar-refractivity contribution in [2.24, 2.45) is 0 Å². The maximum Gasteiger partial charge on any atom is 0.292 e. The van der Waals surface area contributed by atoms with Crippen LogP contribution in [0.3, 0.4) is 0 Å². The maximum atomic E-state index is 12.3. The van der Waals surface area contributed by atoms with Gasteiger partial charge in [-0.3, -0.25) is 19.8 Å². The first-order chi connectivity index (χ1) is 12.5. The van der Waals surface area contributed by atoms with Crippen molar-refractivity contribution in [3.63, 3.8) is 0 Å². The van der Waals surface area contributed by atoms with Crippen molar-refractivity contribution in [2.45, 2.75) is 0 Å². The predicted octanol–water partition coefficient (Wildman–Crippen LogP) is 2.94. The number of hydrogen-bond donors (Lipinski definition) is 1. The molecule has 3 amide bonds. The monoisotopic (exact) mass is 367 g/mol. The Morgan fingerprint density at radius 3 is 2.23 bits per heavy atom. The van der Waals surface area contributed by atoms with Gasteiger partial charge in [0.1, 0.15) is 0 Å². The number of imide groups is 1. The molecule has 2 aromatic carbocycles. The van der Waals surface area contributed by atoms with Crippen LogP contribution in [-0.4, -0.2) is 27.9 Å². The highest BCUT2D eigenvalue weighted by Crippen LogP contribution is 2.23. The molecule has 4 rings (SSSR count). The Hall–Kier alpha value is -3.45. The number of carbonyl (C=O) groups is 3. The highest BCUT2D eigenvalue weighted by molar-refractivity contribution is 6.30. The van der Waals surface area contributed by atoms with Gasteiger partial charge in [-0.2, -0.15) is 5.01 Å². The summed E-state index contributed by atoms with van der Waals surface area (Å²) >= 11 is 5.84. The van der Waals surface area contributed by atoms with Crippen molar-refractivity contribution in [2.75, 3.05) is 0 Å². The zero-order valence-corrected chi connectivity index (χ0v) is 13.9. The van der Waals surface area contributed by atoms with Crippen LogP contribution in [0.25, 0.3) is 11.3 Å². The van der Waals surface area contributed by atoms with Crippen LogP contribution in [0.2, 0.25) is 5.02 Å². The standard InChI is InChI=1S/C18H10ClN3O4/c19-11-7-5-10(6-8-11)15-9-14(21-26-15)16(23)20-22-17(24)12-3-1-2-4-13(12)18(22)25/h1-9H,(H,20,23). The molecule has 128 valence electrons. The molecule has 1 aliphatic heterocycles. The number of hydrazine groups is 1. The lowest BCUT2D eigenvalue weighted by atomic mass is 10.1. The summed E-state index contributed by atoms with van der Waals surface area (Å²) in [5, 5.41) is 4.92. The van der Waals surface area contributed by atoms with Crippen LogP contribution in [-0.2, 0) is 0 Å². The molecule has 3 aromatic rings. The van der Waals surface area contributed by atoms with E-state index in [-0.39, 0.29) is 16.8 Å². The van der Waals surface area contributed by atoms with E-state index < -0.39 is 17.7 Å². The SMILES string of the molecule is O=C(NN1C(=O)c2ccccc2C1=O)c1cc(-c2ccc(Cl)cc2)on1. The van der Waals surface area contributed by atoms with Gasteiger partial charge in [0.25, 0.3) is 17.7 Å². The second kappa shape index (κ2) is 6.12. The van der Waals surface area contributed by atoms with Crippen LogP contribution in [0.5, 0.6) is 0 Å². The number of halogens is 1. The van der Waals surface area contributed by atoms with Gasteiger partial charge in [-0.1, -0.05) is 28.9 Å². The van der Waals surface area contributed by atoms with Crippen LogP contribution in [0.1, 0.15) is 31.2 Å². The maximum absolute atomic E-state index is 12.3. The summed E-state index contributed by atoms with van der Waals surface area (Å²) < 4.78 is 5.15. The minimum Gasteiger partial charge on any atom is -0.355 e. The van der Waals surface area contributed by atoms with Crippen LogP contribution in [0, 0.1) is 0 Å². The normalized spacial score (nSPS) is 13.0. The number of carbonyl (C=O) groups excluding carboxylic acids is 3. The number of nitrogens with zero attached hydrogens (tertiary/aromatic N) is 2. The second-order valence-corrected chi connectivity index (χ2v) is 5.95. The first-order valence-electron chi connectivity index (χ1n) is 7.56. The number of fused-ring (bicyclic) bond motifs is 1. The van der Waals surface area contributed by atoms with E-state index in [9.17, 15) is 14.4 Å². The van der Waals surface area contributed by atoms with Crippen molar-refractivity contribution in [3.8, 4) is 11.3 Å². The Balaban J connectivity index is 1.54. The molecule has 0 fully saturated rings. The van der Waals surface area contributed by atoms with Crippen molar-refractivity contribution < 1.29 is 18.9 Å². The molecule has 0 aliphatic carbocycles. The topological polar surface area (TPSA) is 92.5 Å². The van der Waals surface area contributed by atoms with E-state index in [4.69, 9.17) is 16.1 Å². The van der Waals surface area contributed by atoms with Crippen molar-refractivity contribution in [1.82, 2.24) is 15.6 Å². The highest BCUT2D eigenvalue weighted by atomic mass is 35.5. The molecule has 2 heterocycles. The van der Waals surface area contributed by atoms with Gasteiger partial charge in [0.15, 0.2) is 11.5 Å². The minimum absolute atomic E-state index is 0.0634. The Morgan fingerprint density at radius 2 is 1.62 bits per heavy atom. The number of rotatable bonds is 3. The van der Waals surface area contributed by atoms with Gasteiger partial charge in [0.05, 0.1) is 11.1 Å². The predicted molar refractivity (Wildman–Crippen MR) is 91.4 cm³/mol. The Morgan fingerprint density at radius 1 is 1.00 bits per heavy atom. The van der Waals surface area contributed by atoms with Crippen LogP contribution in [0.4, 0.5) is 0 Å². The van der Waals surface area contributed by atoms with E-state index >= 15 is 0 Å². The van der Waals surface area contributed by atoms with Crippen molar-refractivity contribution in [1.29, 1.82) is 0 Å². The molecule has 0 unspecified atom stereocenters. The molecule has 7 nitrogen and oxygen atoms in total. The Kier molecular flexibility index (Phi) is 3.78. The molecule has 1 aromatic heterocycles. The molecule has 1 N–H and O–H groups in total. The summed E-state index contributed by atoms with van der Waals surface area (Å²) in [6.07, 6.45) is 0. The fraction of sp³-hybridized carbons (Fsp3) is 0. The molecule has 0 saturated carbocycles. The molecule has 0 saturated heterocycles. The van der Waals surface area contributed by atoms with Gasteiger partial charge in [-0.05, 0) is 36.4 Å². The van der Waals surface area contributed by atoms with E-state index in [0.29, 0.717) is 21.4 Å². The molecule has 8 heteroatoms. The van der Waals surface area contributed by atoms with E-state index in [1.54, 1.807) is 36.4 Å². The number of benzene rings is 2. The van der Waals surface area contributed by atoms with E-state index in [2.05, 4.69) is 10.6 Å². The van der Waals surface area contributed by atoms with Gasteiger partial charge >= 0.3 is 0 Å². The third-order valence-corrected chi connectivity index (χ3v) is 4.13. The molecule has 1 aliphatic rings. The number of nitrogens with one attached hydrogen (secondary N) is 1. The van der Waals surface area contributed by atoms with Crippen LogP contribution in [0.15, 0.2) is 59.1 Å². The third kappa shape index (κ3) is 2.64. The zero-order chi connectivity index (χ0) is 18.3. The van der Waals surface area contributed by atoms with Gasteiger partial charge in [0.2, 0.25) is 0 Å². The third-order valence-electron chi connectivity index (χ3n) is 3.88. The van der Waals surface area contributed by atoms with Crippen molar-refractivity contribution in [3.05, 3.63) is 76.4 Å². The first-order valence-corrected chi connectivity index (χ1v) is 7.94.